The molecule has 168 valence electrons. The van der Waals surface area contributed by atoms with Crippen LogP contribution in [0.2, 0.25) is 0 Å². The maximum Gasteiger partial charge on any atom is 0.336 e. The van der Waals surface area contributed by atoms with Gasteiger partial charge in [-0.3, -0.25) is 0 Å². The Bertz CT molecular complexity index is 1030. The van der Waals surface area contributed by atoms with Crippen LogP contribution in [-0.4, -0.2) is 39.9 Å². The summed E-state index contributed by atoms with van der Waals surface area (Å²) in [6, 6.07) is 10.9. The van der Waals surface area contributed by atoms with Crippen LogP contribution in [0.25, 0.3) is 0 Å². The highest BCUT2D eigenvalue weighted by molar-refractivity contribution is 6.00. The number of methoxy groups -OCH3 is 3. The van der Waals surface area contributed by atoms with Crippen molar-refractivity contribution in [2.24, 2.45) is 0 Å². The van der Waals surface area contributed by atoms with Gasteiger partial charge in [0.05, 0.1) is 45.0 Å². The molecule has 0 aliphatic carbocycles. The Morgan fingerprint density at radius 1 is 0.938 bits per heavy atom. The minimum absolute atomic E-state index is 0.175. The number of anilines is 1. The van der Waals surface area contributed by atoms with Crippen molar-refractivity contribution in [2.45, 2.75) is 12.8 Å². The zero-order valence-corrected chi connectivity index (χ0v) is 18.3. The average molecular weight is 441 g/mol. The van der Waals surface area contributed by atoms with Crippen LogP contribution in [0, 0.1) is 5.82 Å². The second-order valence-corrected chi connectivity index (χ2v) is 6.78. The minimum atomic E-state index is -0.844. The zero-order chi connectivity index (χ0) is 23.3. The van der Waals surface area contributed by atoms with Crippen LogP contribution in [0.4, 0.5) is 10.1 Å². The van der Waals surface area contributed by atoms with E-state index >= 15 is 0 Å². The van der Waals surface area contributed by atoms with Gasteiger partial charge in [-0.15, -0.1) is 0 Å². The van der Waals surface area contributed by atoms with Crippen LogP contribution < -0.4 is 14.4 Å². The van der Waals surface area contributed by atoms with Crippen molar-refractivity contribution in [3.8, 4) is 11.5 Å². The lowest BCUT2D eigenvalue weighted by Gasteiger charge is -2.31. The maximum absolute atomic E-state index is 13.4. The van der Waals surface area contributed by atoms with Crippen LogP contribution >= 0.6 is 0 Å². The number of carbonyl (C=O) groups excluding carboxylic acids is 2. The van der Waals surface area contributed by atoms with Gasteiger partial charge in [0.2, 0.25) is 0 Å². The second-order valence-electron chi connectivity index (χ2n) is 6.78. The molecule has 0 saturated carbocycles. The predicted octanol–water partition coefficient (Wildman–Crippen LogP) is 3.95. The van der Waals surface area contributed by atoms with E-state index in [1.807, 2.05) is 6.92 Å². The van der Waals surface area contributed by atoms with Gasteiger partial charge in [0.15, 0.2) is 11.5 Å². The molecule has 0 N–H and O–H groups in total. The fourth-order valence-electron chi connectivity index (χ4n) is 3.55. The standard InChI is InChI=1S/C24H24FNO6/c1-5-32-22-17(7-6-8-20(22)29-2)21-18(23(27)30-3)13-26(14-19(21)24(28)31-4)16-11-9-15(25)10-12-16/h6-14,21H,5H2,1-4H3. The number of ether oxygens (including phenoxy) is 4. The van der Waals surface area contributed by atoms with Crippen molar-refractivity contribution >= 4 is 17.6 Å². The van der Waals surface area contributed by atoms with Gasteiger partial charge in [0.1, 0.15) is 5.82 Å². The fraction of sp³-hybridized carbons (Fsp3) is 0.250. The molecule has 0 unspecified atom stereocenters. The number of carbonyl (C=O) groups is 2. The van der Waals surface area contributed by atoms with Crippen molar-refractivity contribution in [3.05, 3.63) is 77.4 Å². The minimum Gasteiger partial charge on any atom is -0.493 e. The van der Waals surface area contributed by atoms with E-state index in [4.69, 9.17) is 18.9 Å². The molecular formula is C24H24FNO6. The van der Waals surface area contributed by atoms with Gasteiger partial charge >= 0.3 is 11.9 Å². The van der Waals surface area contributed by atoms with E-state index < -0.39 is 23.7 Å². The normalized spacial score (nSPS) is 13.7. The van der Waals surface area contributed by atoms with E-state index in [0.717, 1.165) is 0 Å². The van der Waals surface area contributed by atoms with Gasteiger partial charge in [-0.1, -0.05) is 12.1 Å². The third-order valence-corrected chi connectivity index (χ3v) is 4.97. The number of halogens is 1. The Kier molecular flexibility index (Phi) is 7.14. The van der Waals surface area contributed by atoms with Crippen molar-refractivity contribution in [3.63, 3.8) is 0 Å². The number of nitrogens with zero attached hydrogens (tertiary/aromatic N) is 1. The molecule has 1 aliphatic rings. The summed E-state index contributed by atoms with van der Waals surface area (Å²) in [6.45, 7) is 2.16. The molecule has 0 amide bonds. The highest BCUT2D eigenvalue weighted by Gasteiger charge is 2.37. The molecule has 0 fully saturated rings. The molecule has 2 aromatic carbocycles. The SMILES string of the molecule is CCOc1c(OC)cccc1C1C(C(=O)OC)=CN(c2ccc(F)cc2)C=C1C(=O)OC. The molecular weight excluding hydrogens is 417 g/mol. The highest BCUT2D eigenvalue weighted by Crippen LogP contribution is 2.45. The third-order valence-electron chi connectivity index (χ3n) is 4.97. The summed E-state index contributed by atoms with van der Waals surface area (Å²) in [5.41, 5.74) is 1.43. The molecule has 7 nitrogen and oxygen atoms in total. The number of hydrogen-bond donors (Lipinski definition) is 0. The van der Waals surface area contributed by atoms with Gasteiger partial charge in [-0.05, 0) is 37.3 Å². The van der Waals surface area contributed by atoms with Crippen molar-refractivity contribution in [1.29, 1.82) is 0 Å². The molecule has 0 atom stereocenters. The van der Waals surface area contributed by atoms with Crippen molar-refractivity contribution < 1.29 is 32.9 Å². The van der Waals surface area contributed by atoms with E-state index in [2.05, 4.69) is 0 Å². The Morgan fingerprint density at radius 2 is 1.53 bits per heavy atom. The number of para-hydroxylation sites is 1. The number of rotatable bonds is 7. The predicted molar refractivity (Wildman–Crippen MR) is 116 cm³/mol. The molecule has 0 spiro atoms. The van der Waals surface area contributed by atoms with Crippen molar-refractivity contribution in [1.82, 2.24) is 0 Å². The smallest absolute Gasteiger partial charge is 0.336 e. The third kappa shape index (κ3) is 4.44. The molecule has 32 heavy (non-hydrogen) atoms. The summed E-state index contributed by atoms with van der Waals surface area (Å²) in [6.07, 6.45) is 3.09. The number of esters is 2. The lowest BCUT2D eigenvalue weighted by Crippen LogP contribution is -2.29. The number of hydrogen-bond acceptors (Lipinski definition) is 7. The van der Waals surface area contributed by atoms with E-state index in [1.54, 1.807) is 35.5 Å². The Balaban J connectivity index is 2.25. The molecule has 3 rings (SSSR count). The lowest BCUT2D eigenvalue weighted by molar-refractivity contribution is -0.137. The van der Waals surface area contributed by atoms with Crippen LogP contribution in [0.5, 0.6) is 11.5 Å². The van der Waals surface area contributed by atoms with Crippen LogP contribution in [-0.2, 0) is 19.1 Å². The molecule has 0 radical (unpaired) electrons. The van der Waals surface area contributed by atoms with Gasteiger partial charge in [-0.25, -0.2) is 14.0 Å². The lowest BCUT2D eigenvalue weighted by atomic mass is 9.82. The first-order valence-electron chi connectivity index (χ1n) is 9.88. The fourth-order valence-corrected chi connectivity index (χ4v) is 3.55. The summed E-state index contributed by atoms with van der Waals surface area (Å²) in [5, 5.41) is 0. The molecule has 8 heteroatoms. The van der Waals surface area contributed by atoms with E-state index in [0.29, 0.717) is 29.4 Å². The molecule has 2 aromatic rings. The first-order chi connectivity index (χ1) is 15.4. The molecule has 1 heterocycles. The first kappa shape index (κ1) is 22.9. The molecule has 0 aromatic heterocycles. The largest absolute Gasteiger partial charge is 0.493 e. The quantitative estimate of drug-likeness (QED) is 0.603. The van der Waals surface area contributed by atoms with E-state index in [-0.39, 0.29) is 11.1 Å². The average Bonchev–Trinajstić information content (AvgIpc) is 2.83. The van der Waals surface area contributed by atoms with Gasteiger partial charge in [0, 0.05) is 23.7 Å². The maximum atomic E-state index is 13.4. The van der Waals surface area contributed by atoms with Gasteiger partial charge in [-0.2, -0.15) is 0 Å². The second kappa shape index (κ2) is 10.00. The zero-order valence-electron chi connectivity index (χ0n) is 18.3. The monoisotopic (exact) mass is 441 g/mol. The van der Waals surface area contributed by atoms with Crippen LogP contribution in [0.1, 0.15) is 18.4 Å². The topological polar surface area (TPSA) is 74.3 Å². The van der Waals surface area contributed by atoms with Crippen LogP contribution in [0.3, 0.4) is 0 Å². The Labute approximate surface area is 185 Å². The van der Waals surface area contributed by atoms with Crippen LogP contribution in [0.15, 0.2) is 66.0 Å². The summed E-state index contributed by atoms with van der Waals surface area (Å²) in [7, 11) is 4.02. The molecule has 1 aliphatic heterocycles. The number of benzene rings is 2. The Morgan fingerprint density at radius 3 is 2.03 bits per heavy atom. The summed E-state index contributed by atoms with van der Waals surface area (Å²) >= 11 is 0. The first-order valence-corrected chi connectivity index (χ1v) is 9.88. The van der Waals surface area contributed by atoms with E-state index in [1.165, 1.54) is 45.6 Å². The molecule has 0 saturated heterocycles. The summed E-state index contributed by atoms with van der Waals surface area (Å²) in [5.74, 6) is -1.66. The van der Waals surface area contributed by atoms with Gasteiger partial charge < -0.3 is 23.8 Å². The van der Waals surface area contributed by atoms with Crippen molar-refractivity contribution in [2.75, 3.05) is 32.8 Å². The molecule has 0 bridgehead atoms. The highest BCUT2D eigenvalue weighted by atomic mass is 19.1. The summed E-state index contributed by atoms with van der Waals surface area (Å²) in [4.78, 5) is 27.2. The Hall–Kier alpha value is -3.81. The van der Waals surface area contributed by atoms with E-state index in [9.17, 15) is 14.0 Å². The van der Waals surface area contributed by atoms with Gasteiger partial charge in [0.25, 0.3) is 0 Å². The summed E-state index contributed by atoms with van der Waals surface area (Å²) < 4.78 is 34.7.